The van der Waals surface area contributed by atoms with Gasteiger partial charge >= 0.3 is 11.9 Å². The van der Waals surface area contributed by atoms with Gasteiger partial charge in [0.15, 0.2) is 0 Å². The molecular weight excluding hydrogens is 294 g/mol. The van der Waals surface area contributed by atoms with E-state index >= 15 is 0 Å². The predicted octanol–water partition coefficient (Wildman–Crippen LogP) is 3.07. The van der Waals surface area contributed by atoms with E-state index in [2.05, 4.69) is 5.32 Å². The van der Waals surface area contributed by atoms with Crippen molar-refractivity contribution >= 4 is 11.9 Å². The third-order valence-corrected chi connectivity index (χ3v) is 2.58. The molecule has 0 heterocycles. The van der Waals surface area contributed by atoms with E-state index in [1.54, 1.807) is 18.2 Å². The number of nitrogens with one attached hydrogen (secondary N) is 1. The second kappa shape index (κ2) is 7.59. The Labute approximate surface area is 138 Å². The molecule has 0 saturated heterocycles. The summed E-state index contributed by atoms with van der Waals surface area (Å²) in [6.45, 7) is 11.6. The number of benzene rings is 1. The van der Waals surface area contributed by atoms with Crippen molar-refractivity contribution in [3.8, 4) is 0 Å². The molecule has 0 aliphatic heterocycles. The van der Waals surface area contributed by atoms with Gasteiger partial charge in [0.1, 0.15) is 11.2 Å². The van der Waals surface area contributed by atoms with Crippen LogP contribution >= 0.6 is 0 Å². The van der Waals surface area contributed by atoms with Crippen LogP contribution in [0.1, 0.15) is 57.5 Å². The summed E-state index contributed by atoms with van der Waals surface area (Å²) in [7, 11) is 0. The molecule has 1 N–H and O–H groups in total. The summed E-state index contributed by atoms with van der Waals surface area (Å²) >= 11 is 0. The molecule has 0 bridgehead atoms. The van der Waals surface area contributed by atoms with Gasteiger partial charge in [0.2, 0.25) is 0 Å². The summed E-state index contributed by atoms with van der Waals surface area (Å²) < 4.78 is 10.6. The first kappa shape index (κ1) is 19.2. The van der Waals surface area contributed by atoms with Gasteiger partial charge in [-0.25, -0.2) is 4.79 Å². The van der Waals surface area contributed by atoms with Gasteiger partial charge in [-0.2, -0.15) is 0 Å². The van der Waals surface area contributed by atoms with Crippen molar-refractivity contribution in [2.24, 2.45) is 0 Å². The Morgan fingerprint density at radius 3 is 2.17 bits per heavy atom. The molecule has 0 aliphatic carbocycles. The molecule has 1 rings (SSSR count). The van der Waals surface area contributed by atoms with Crippen molar-refractivity contribution in [1.29, 1.82) is 0 Å². The van der Waals surface area contributed by atoms with Gasteiger partial charge in [0, 0.05) is 6.54 Å². The highest BCUT2D eigenvalue weighted by molar-refractivity contribution is 5.89. The molecule has 0 atom stereocenters. The lowest BCUT2D eigenvalue weighted by atomic mass is 10.1. The van der Waals surface area contributed by atoms with E-state index in [1.807, 2.05) is 47.6 Å². The molecule has 1 aromatic carbocycles. The Balaban J connectivity index is 2.55. The van der Waals surface area contributed by atoms with Gasteiger partial charge in [-0.05, 0) is 59.2 Å². The fraction of sp³-hybridized carbons (Fsp3) is 0.556. The van der Waals surface area contributed by atoms with Gasteiger partial charge in [0.05, 0.1) is 12.1 Å². The lowest BCUT2D eigenvalue weighted by Crippen LogP contribution is -2.31. The van der Waals surface area contributed by atoms with Crippen molar-refractivity contribution in [1.82, 2.24) is 5.32 Å². The SMILES string of the molecule is CC(C)(C)OC(=O)CNCc1cccc(C(=O)OC(C)(C)C)c1. The van der Waals surface area contributed by atoms with E-state index in [1.165, 1.54) is 0 Å². The maximum absolute atomic E-state index is 12.0. The lowest BCUT2D eigenvalue weighted by molar-refractivity contribution is -0.153. The maximum atomic E-state index is 12.0. The molecule has 128 valence electrons. The quantitative estimate of drug-likeness (QED) is 0.844. The summed E-state index contributed by atoms with van der Waals surface area (Å²) in [5.41, 5.74) is 0.380. The zero-order valence-electron chi connectivity index (χ0n) is 14.9. The highest BCUT2D eigenvalue weighted by atomic mass is 16.6. The van der Waals surface area contributed by atoms with Gasteiger partial charge in [0.25, 0.3) is 0 Å². The Morgan fingerprint density at radius 1 is 1.00 bits per heavy atom. The molecule has 0 unspecified atom stereocenters. The number of carbonyl (C=O) groups excluding carboxylic acids is 2. The van der Waals surface area contributed by atoms with Gasteiger partial charge in [-0.1, -0.05) is 12.1 Å². The number of ether oxygens (including phenoxy) is 2. The van der Waals surface area contributed by atoms with Crippen LogP contribution < -0.4 is 5.32 Å². The first-order chi connectivity index (χ1) is 10.5. The van der Waals surface area contributed by atoms with Crippen LogP contribution in [0.15, 0.2) is 24.3 Å². The molecule has 0 amide bonds. The normalized spacial score (nSPS) is 11.9. The van der Waals surface area contributed by atoms with Crippen LogP contribution in [0.2, 0.25) is 0 Å². The van der Waals surface area contributed by atoms with Crippen LogP contribution in [0.25, 0.3) is 0 Å². The van der Waals surface area contributed by atoms with Crippen LogP contribution in [0.5, 0.6) is 0 Å². The molecule has 0 radical (unpaired) electrons. The molecule has 0 saturated carbocycles. The number of hydrogen-bond acceptors (Lipinski definition) is 5. The Bertz CT molecular complexity index is 553. The predicted molar refractivity (Wildman–Crippen MR) is 89.2 cm³/mol. The van der Waals surface area contributed by atoms with Gasteiger partial charge in [-0.15, -0.1) is 0 Å². The first-order valence-corrected chi connectivity index (χ1v) is 7.71. The maximum Gasteiger partial charge on any atom is 0.338 e. The first-order valence-electron chi connectivity index (χ1n) is 7.71. The van der Waals surface area contributed by atoms with Crippen LogP contribution in [-0.2, 0) is 20.8 Å². The zero-order valence-corrected chi connectivity index (χ0v) is 14.9. The zero-order chi connectivity index (χ0) is 17.7. The largest absolute Gasteiger partial charge is 0.459 e. The van der Waals surface area contributed by atoms with Crippen molar-refractivity contribution in [2.75, 3.05) is 6.54 Å². The summed E-state index contributed by atoms with van der Waals surface area (Å²) in [6, 6.07) is 7.15. The van der Waals surface area contributed by atoms with Crippen molar-refractivity contribution in [3.63, 3.8) is 0 Å². The number of rotatable bonds is 5. The number of carbonyl (C=O) groups is 2. The Hall–Kier alpha value is -1.88. The van der Waals surface area contributed by atoms with E-state index < -0.39 is 11.2 Å². The average molecular weight is 321 g/mol. The average Bonchev–Trinajstić information content (AvgIpc) is 2.35. The Kier molecular flexibility index (Phi) is 6.33. The van der Waals surface area contributed by atoms with Gasteiger partial charge in [-0.3, -0.25) is 4.79 Å². The fourth-order valence-electron chi connectivity index (χ4n) is 1.83. The molecule has 1 aromatic rings. The third-order valence-electron chi connectivity index (χ3n) is 2.58. The van der Waals surface area contributed by atoms with E-state index in [9.17, 15) is 9.59 Å². The summed E-state index contributed by atoms with van der Waals surface area (Å²) in [5, 5.41) is 3.01. The molecule has 0 spiro atoms. The van der Waals surface area contributed by atoms with E-state index in [0.29, 0.717) is 12.1 Å². The molecule has 5 nitrogen and oxygen atoms in total. The summed E-state index contributed by atoms with van der Waals surface area (Å²) in [6.07, 6.45) is 0. The topological polar surface area (TPSA) is 64.6 Å². The molecule has 0 aromatic heterocycles. The minimum absolute atomic E-state index is 0.119. The van der Waals surface area contributed by atoms with Crippen LogP contribution in [0, 0.1) is 0 Å². The second-order valence-electron chi connectivity index (χ2n) is 7.39. The second-order valence-corrected chi connectivity index (χ2v) is 7.39. The minimum Gasteiger partial charge on any atom is -0.459 e. The highest BCUT2D eigenvalue weighted by Gasteiger charge is 2.18. The minimum atomic E-state index is -0.526. The van der Waals surface area contributed by atoms with Crippen molar-refractivity contribution in [2.45, 2.75) is 59.3 Å². The molecule has 0 fully saturated rings. The monoisotopic (exact) mass is 321 g/mol. The number of hydrogen-bond donors (Lipinski definition) is 1. The van der Waals surface area contributed by atoms with E-state index in [4.69, 9.17) is 9.47 Å². The fourth-order valence-corrected chi connectivity index (χ4v) is 1.83. The molecule has 0 aliphatic rings. The molecular formula is C18H27NO4. The van der Waals surface area contributed by atoms with Crippen LogP contribution in [0.3, 0.4) is 0 Å². The summed E-state index contributed by atoms with van der Waals surface area (Å²) in [5.74, 6) is -0.660. The smallest absolute Gasteiger partial charge is 0.338 e. The van der Waals surface area contributed by atoms with Gasteiger partial charge < -0.3 is 14.8 Å². The Morgan fingerprint density at radius 2 is 1.61 bits per heavy atom. The third kappa shape index (κ3) is 8.35. The number of esters is 2. The molecule has 23 heavy (non-hydrogen) atoms. The van der Waals surface area contributed by atoms with Crippen molar-refractivity contribution in [3.05, 3.63) is 35.4 Å². The highest BCUT2D eigenvalue weighted by Crippen LogP contribution is 2.13. The van der Waals surface area contributed by atoms with Crippen molar-refractivity contribution < 1.29 is 19.1 Å². The standard InChI is InChI=1S/C18H27NO4/c1-17(2,3)22-15(20)12-19-11-13-8-7-9-14(10-13)16(21)23-18(4,5)6/h7-10,19H,11-12H2,1-6H3. The van der Waals surface area contributed by atoms with Crippen LogP contribution in [-0.4, -0.2) is 29.7 Å². The summed E-state index contributed by atoms with van der Waals surface area (Å²) in [4.78, 5) is 23.7. The lowest BCUT2D eigenvalue weighted by Gasteiger charge is -2.20. The van der Waals surface area contributed by atoms with E-state index in [-0.39, 0.29) is 18.5 Å². The van der Waals surface area contributed by atoms with E-state index in [0.717, 1.165) is 5.56 Å². The molecule has 5 heteroatoms. The van der Waals surface area contributed by atoms with Crippen LogP contribution in [0.4, 0.5) is 0 Å².